The molecule has 0 spiro atoms. The molecule has 0 radical (unpaired) electrons. The summed E-state index contributed by atoms with van der Waals surface area (Å²) in [6.07, 6.45) is 0. The van der Waals surface area contributed by atoms with Gasteiger partial charge in [0.15, 0.2) is 0 Å². The van der Waals surface area contributed by atoms with Gasteiger partial charge in [-0.3, -0.25) is 0 Å². The molecule has 0 saturated carbocycles. The van der Waals surface area contributed by atoms with Crippen LogP contribution in [0, 0.1) is 6.92 Å². The Morgan fingerprint density at radius 3 is 2.42 bits per heavy atom. The van der Waals surface area contributed by atoms with Crippen LogP contribution in [0.3, 0.4) is 0 Å². The summed E-state index contributed by atoms with van der Waals surface area (Å²) < 4.78 is 6.82. The van der Waals surface area contributed by atoms with Gasteiger partial charge in [0.25, 0.3) is 0 Å². The Balaban J connectivity index is 3.04. The van der Waals surface area contributed by atoms with Crippen LogP contribution in [0.4, 0.5) is 0 Å². The fourth-order valence-electron chi connectivity index (χ4n) is 1.04. The molecule has 0 fully saturated rings. The molecule has 62 valence electrons. The molecular formula is C9H11ClHgO. The summed E-state index contributed by atoms with van der Waals surface area (Å²) in [6, 6.07) is 4.00. The predicted octanol–water partition coefficient (Wildman–Crippen LogP) is 3.58. The van der Waals surface area contributed by atoms with Gasteiger partial charge in [0.2, 0.25) is 0 Å². The number of rotatable bonds is 2. The molecule has 12 heavy (non-hydrogen) atoms. The first kappa shape index (κ1) is 10.3. The van der Waals surface area contributed by atoms with Gasteiger partial charge >= 0.3 is 89.1 Å². The quantitative estimate of drug-likeness (QED) is 0.725. The second kappa shape index (κ2) is 4.47. The Morgan fingerprint density at radius 1 is 1.42 bits per heavy atom. The first-order chi connectivity index (χ1) is 5.65. The summed E-state index contributed by atoms with van der Waals surface area (Å²) in [4.78, 5) is 0. The molecule has 0 aliphatic carbocycles. The van der Waals surface area contributed by atoms with Crippen molar-refractivity contribution in [3.05, 3.63) is 29.2 Å². The molecule has 1 heterocycles. The third kappa shape index (κ3) is 2.36. The molecule has 0 N–H and O–H groups in total. The van der Waals surface area contributed by atoms with Gasteiger partial charge in [0.1, 0.15) is 0 Å². The van der Waals surface area contributed by atoms with Crippen LogP contribution < -0.4 is 0 Å². The Morgan fingerprint density at radius 2 is 2.08 bits per heavy atom. The Hall–Kier alpha value is 0.245. The SMILES string of the molecule is CC(C)=[C]([Hg][Cl])c1ccc(C)o1. The van der Waals surface area contributed by atoms with E-state index < -0.39 is 23.3 Å². The molecular weight excluding hydrogens is 360 g/mol. The molecule has 1 aromatic rings. The molecule has 3 heteroatoms. The molecule has 1 rings (SSSR count). The van der Waals surface area contributed by atoms with Gasteiger partial charge in [-0.05, 0) is 0 Å². The summed E-state index contributed by atoms with van der Waals surface area (Å²) >= 11 is -1.34. The molecule has 0 aromatic carbocycles. The van der Waals surface area contributed by atoms with Crippen molar-refractivity contribution in [2.75, 3.05) is 0 Å². The summed E-state index contributed by atoms with van der Waals surface area (Å²) in [5.41, 5.74) is 1.31. The van der Waals surface area contributed by atoms with Crippen LogP contribution in [-0.2, 0) is 23.3 Å². The van der Waals surface area contributed by atoms with E-state index in [1.807, 2.05) is 19.1 Å². The molecule has 0 aliphatic heterocycles. The van der Waals surface area contributed by atoms with Crippen molar-refractivity contribution in [3.8, 4) is 0 Å². The van der Waals surface area contributed by atoms with Crippen LogP contribution in [0.5, 0.6) is 0 Å². The number of allylic oxidation sites excluding steroid dienone is 1. The van der Waals surface area contributed by atoms with Crippen molar-refractivity contribution in [2.45, 2.75) is 20.8 Å². The van der Waals surface area contributed by atoms with Gasteiger partial charge in [-0.25, -0.2) is 0 Å². The molecule has 1 nitrogen and oxygen atoms in total. The van der Waals surface area contributed by atoms with Crippen LogP contribution in [0.25, 0.3) is 3.08 Å². The average molecular weight is 371 g/mol. The van der Waals surface area contributed by atoms with E-state index in [0.717, 1.165) is 11.5 Å². The maximum atomic E-state index is 6.01. The Kier molecular flexibility index (Phi) is 3.85. The number of halogens is 1. The fraction of sp³-hybridized carbons (Fsp3) is 0.333. The first-order valence-corrected chi connectivity index (χ1v) is 13.5. The van der Waals surface area contributed by atoms with Crippen LogP contribution in [0.15, 0.2) is 22.1 Å². The monoisotopic (exact) mass is 372 g/mol. The Labute approximate surface area is 88.7 Å². The van der Waals surface area contributed by atoms with E-state index in [2.05, 4.69) is 13.8 Å². The van der Waals surface area contributed by atoms with Crippen molar-refractivity contribution in [3.63, 3.8) is 0 Å². The normalized spacial score (nSPS) is 9.33. The second-order valence-electron chi connectivity index (χ2n) is 3.02. The number of hydrogen-bond donors (Lipinski definition) is 0. The van der Waals surface area contributed by atoms with Crippen LogP contribution in [0.2, 0.25) is 0 Å². The van der Waals surface area contributed by atoms with E-state index in [4.69, 9.17) is 12.7 Å². The number of aryl methyl sites for hydroxylation is 1. The third-order valence-electron chi connectivity index (χ3n) is 1.77. The summed E-state index contributed by atoms with van der Waals surface area (Å²) in [7, 11) is 6.01. The van der Waals surface area contributed by atoms with Gasteiger partial charge in [-0.15, -0.1) is 0 Å². The molecule has 0 amide bonds. The fourth-order valence-corrected chi connectivity index (χ4v) is 6.83. The van der Waals surface area contributed by atoms with Crippen molar-refractivity contribution in [2.24, 2.45) is 0 Å². The van der Waals surface area contributed by atoms with Crippen molar-refractivity contribution in [1.29, 1.82) is 0 Å². The molecule has 0 unspecified atom stereocenters. The van der Waals surface area contributed by atoms with E-state index in [1.54, 1.807) is 0 Å². The van der Waals surface area contributed by atoms with Crippen LogP contribution in [-0.4, -0.2) is 0 Å². The van der Waals surface area contributed by atoms with E-state index in [0.29, 0.717) is 0 Å². The molecule has 1 aromatic heterocycles. The topological polar surface area (TPSA) is 13.1 Å². The van der Waals surface area contributed by atoms with E-state index in [1.165, 1.54) is 8.65 Å². The summed E-state index contributed by atoms with van der Waals surface area (Å²) in [5.74, 6) is 1.95. The zero-order valence-electron chi connectivity index (χ0n) is 7.65. The van der Waals surface area contributed by atoms with E-state index in [9.17, 15) is 0 Å². The molecule has 0 bridgehead atoms. The van der Waals surface area contributed by atoms with Crippen molar-refractivity contribution in [1.82, 2.24) is 0 Å². The zero-order chi connectivity index (χ0) is 9.14. The van der Waals surface area contributed by atoms with Crippen LogP contribution in [0.1, 0.15) is 25.4 Å². The van der Waals surface area contributed by atoms with E-state index >= 15 is 0 Å². The molecule has 0 aliphatic rings. The first-order valence-electron chi connectivity index (χ1n) is 3.94. The minimum absolute atomic E-state index is 0.960. The Bertz CT molecular complexity index is 297. The third-order valence-corrected chi connectivity index (χ3v) is 9.26. The summed E-state index contributed by atoms with van der Waals surface area (Å²) in [5, 5.41) is 0. The second-order valence-corrected chi connectivity index (χ2v) is 9.16. The number of furan rings is 1. The minimum atomic E-state index is -1.34. The van der Waals surface area contributed by atoms with Crippen molar-refractivity contribution >= 4 is 11.3 Å². The predicted molar refractivity (Wildman–Crippen MR) is 47.6 cm³/mol. The maximum absolute atomic E-state index is 6.01. The standard InChI is InChI=1S/C9H11O.ClH.Hg/c1-7(2)6-9-5-4-8(3)10-9;;/h4-5H,1-3H3;1H;/q;;+1/p-1. The molecule has 0 atom stereocenters. The number of hydrogen-bond acceptors (Lipinski definition) is 1. The van der Waals surface area contributed by atoms with E-state index in [-0.39, 0.29) is 0 Å². The average Bonchev–Trinajstić information content (AvgIpc) is 2.37. The van der Waals surface area contributed by atoms with Gasteiger partial charge in [-0.1, -0.05) is 0 Å². The van der Waals surface area contributed by atoms with Crippen molar-refractivity contribution < 1.29 is 27.8 Å². The summed E-state index contributed by atoms with van der Waals surface area (Å²) in [6.45, 7) is 6.14. The molecule has 0 saturated heterocycles. The zero-order valence-corrected chi connectivity index (χ0v) is 13.9. The van der Waals surface area contributed by atoms with Gasteiger partial charge in [0, 0.05) is 0 Å². The van der Waals surface area contributed by atoms with Gasteiger partial charge in [0.05, 0.1) is 0 Å². The van der Waals surface area contributed by atoms with Gasteiger partial charge < -0.3 is 0 Å². The van der Waals surface area contributed by atoms with Gasteiger partial charge in [-0.2, -0.15) is 0 Å². The van der Waals surface area contributed by atoms with Crippen LogP contribution >= 0.6 is 8.25 Å².